The quantitative estimate of drug-likeness (QED) is 0.807. The van der Waals surface area contributed by atoms with Crippen molar-refractivity contribution in [3.8, 4) is 5.75 Å². The van der Waals surface area contributed by atoms with E-state index in [-0.39, 0.29) is 24.5 Å². The van der Waals surface area contributed by atoms with Gasteiger partial charge in [-0.1, -0.05) is 6.07 Å². The van der Waals surface area contributed by atoms with E-state index in [0.717, 1.165) is 5.56 Å². The summed E-state index contributed by atoms with van der Waals surface area (Å²) in [4.78, 5) is 21.8. The molecule has 0 heterocycles. The number of ether oxygens (including phenoxy) is 1. The van der Waals surface area contributed by atoms with E-state index in [1.807, 2.05) is 6.92 Å². The summed E-state index contributed by atoms with van der Waals surface area (Å²) in [5.41, 5.74) is 1.01. The van der Waals surface area contributed by atoms with E-state index in [2.05, 4.69) is 5.32 Å². The minimum atomic E-state index is -0.999. The Morgan fingerprint density at radius 3 is 2.71 bits per heavy atom. The van der Waals surface area contributed by atoms with Gasteiger partial charge in [0.25, 0.3) is 0 Å². The number of carbonyl (C=O) groups excluding carboxylic acids is 1. The average Bonchev–Trinajstić information content (AvgIpc) is 2.30. The number of hydrogen-bond acceptors (Lipinski definition) is 3. The topological polar surface area (TPSA) is 75.6 Å². The molecule has 1 amide bonds. The summed E-state index contributed by atoms with van der Waals surface area (Å²) in [6.45, 7) is 2.05. The molecule has 0 aliphatic rings. The highest BCUT2D eigenvalue weighted by atomic mass is 16.5. The SMILES string of the molecule is CNC(=O)CCOc1cc(C(=O)O)ccc1C. The third-order valence-electron chi connectivity index (χ3n) is 2.30. The summed E-state index contributed by atoms with van der Waals surface area (Å²) < 4.78 is 5.38. The average molecular weight is 237 g/mol. The van der Waals surface area contributed by atoms with E-state index in [1.54, 1.807) is 13.1 Å². The predicted octanol–water partition coefficient (Wildman–Crippen LogP) is 1.21. The van der Waals surface area contributed by atoms with Crippen LogP contribution in [0.15, 0.2) is 18.2 Å². The number of rotatable bonds is 5. The van der Waals surface area contributed by atoms with Crippen molar-refractivity contribution in [3.63, 3.8) is 0 Å². The van der Waals surface area contributed by atoms with E-state index in [9.17, 15) is 9.59 Å². The smallest absolute Gasteiger partial charge is 0.335 e. The number of hydrogen-bond donors (Lipinski definition) is 2. The molecule has 5 nitrogen and oxygen atoms in total. The lowest BCUT2D eigenvalue weighted by molar-refractivity contribution is -0.121. The molecule has 2 N–H and O–H groups in total. The van der Waals surface area contributed by atoms with E-state index in [4.69, 9.17) is 9.84 Å². The van der Waals surface area contributed by atoms with Crippen LogP contribution in [0.5, 0.6) is 5.75 Å². The Morgan fingerprint density at radius 2 is 2.12 bits per heavy atom. The van der Waals surface area contributed by atoms with Gasteiger partial charge in [-0.25, -0.2) is 4.79 Å². The molecule has 0 aromatic heterocycles. The van der Waals surface area contributed by atoms with Gasteiger partial charge in [0.1, 0.15) is 5.75 Å². The maximum Gasteiger partial charge on any atom is 0.335 e. The van der Waals surface area contributed by atoms with Crippen molar-refractivity contribution < 1.29 is 19.4 Å². The van der Waals surface area contributed by atoms with Gasteiger partial charge in [-0.05, 0) is 24.6 Å². The summed E-state index contributed by atoms with van der Waals surface area (Å²) in [5, 5.41) is 11.3. The molecular weight excluding hydrogens is 222 g/mol. The summed E-state index contributed by atoms with van der Waals surface area (Å²) in [5.74, 6) is -0.619. The van der Waals surface area contributed by atoms with Gasteiger partial charge in [-0.2, -0.15) is 0 Å². The Balaban J connectivity index is 2.66. The highest BCUT2D eigenvalue weighted by Crippen LogP contribution is 2.19. The molecule has 1 aromatic carbocycles. The highest BCUT2D eigenvalue weighted by molar-refractivity contribution is 5.88. The first-order chi connectivity index (χ1) is 8.04. The molecular formula is C12H15NO4. The van der Waals surface area contributed by atoms with Crippen LogP contribution in [-0.4, -0.2) is 30.6 Å². The van der Waals surface area contributed by atoms with Gasteiger partial charge in [0, 0.05) is 7.05 Å². The van der Waals surface area contributed by atoms with Crippen LogP contribution < -0.4 is 10.1 Å². The van der Waals surface area contributed by atoms with Crippen LogP contribution in [0, 0.1) is 6.92 Å². The van der Waals surface area contributed by atoms with Crippen molar-refractivity contribution in [2.75, 3.05) is 13.7 Å². The second-order valence-electron chi connectivity index (χ2n) is 3.56. The first-order valence-corrected chi connectivity index (χ1v) is 5.22. The third kappa shape index (κ3) is 3.79. The first-order valence-electron chi connectivity index (χ1n) is 5.22. The zero-order valence-corrected chi connectivity index (χ0v) is 9.82. The molecule has 0 aliphatic heterocycles. The molecule has 0 aliphatic carbocycles. The molecule has 0 saturated heterocycles. The molecule has 17 heavy (non-hydrogen) atoms. The number of amides is 1. The van der Waals surface area contributed by atoms with E-state index >= 15 is 0 Å². The molecule has 0 fully saturated rings. The largest absolute Gasteiger partial charge is 0.493 e. The first kappa shape index (κ1) is 13.0. The number of benzene rings is 1. The Bertz CT molecular complexity index is 429. The fraction of sp³-hybridized carbons (Fsp3) is 0.333. The van der Waals surface area contributed by atoms with E-state index in [0.29, 0.717) is 5.75 Å². The molecule has 0 atom stereocenters. The van der Waals surface area contributed by atoms with Gasteiger partial charge < -0.3 is 15.2 Å². The Morgan fingerprint density at radius 1 is 1.41 bits per heavy atom. The summed E-state index contributed by atoms with van der Waals surface area (Å²) in [7, 11) is 1.55. The van der Waals surface area contributed by atoms with Gasteiger partial charge in [-0.3, -0.25) is 4.79 Å². The van der Waals surface area contributed by atoms with Crippen molar-refractivity contribution in [3.05, 3.63) is 29.3 Å². The molecule has 0 spiro atoms. The van der Waals surface area contributed by atoms with Crippen LogP contribution in [-0.2, 0) is 4.79 Å². The van der Waals surface area contributed by atoms with Gasteiger partial charge in [0.15, 0.2) is 0 Å². The van der Waals surface area contributed by atoms with Gasteiger partial charge in [-0.15, -0.1) is 0 Å². The van der Waals surface area contributed by atoms with Crippen LogP contribution in [0.25, 0.3) is 0 Å². The molecule has 0 unspecified atom stereocenters. The predicted molar refractivity (Wildman–Crippen MR) is 62.3 cm³/mol. The maximum absolute atomic E-state index is 11.0. The monoisotopic (exact) mass is 237 g/mol. The molecule has 5 heteroatoms. The van der Waals surface area contributed by atoms with Gasteiger partial charge >= 0.3 is 5.97 Å². The van der Waals surface area contributed by atoms with Crippen molar-refractivity contribution in [2.45, 2.75) is 13.3 Å². The summed E-state index contributed by atoms with van der Waals surface area (Å²) in [6.07, 6.45) is 0.243. The van der Waals surface area contributed by atoms with Gasteiger partial charge in [0.05, 0.1) is 18.6 Å². The molecule has 92 valence electrons. The molecule has 0 saturated carbocycles. The number of aryl methyl sites for hydroxylation is 1. The third-order valence-corrected chi connectivity index (χ3v) is 2.30. The number of aromatic carboxylic acids is 1. The Hall–Kier alpha value is -2.04. The number of carbonyl (C=O) groups is 2. The second-order valence-corrected chi connectivity index (χ2v) is 3.56. The van der Waals surface area contributed by atoms with Crippen molar-refractivity contribution >= 4 is 11.9 Å². The van der Waals surface area contributed by atoms with Crippen LogP contribution in [0.1, 0.15) is 22.3 Å². The standard InChI is InChI=1S/C12H15NO4/c1-8-3-4-9(12(15)16)7-10(8)17-6-5-11(14)13-2/h3-4,7H,5-6H2,1-2H3,(H,13,14)(H,15,16). The normalized spacial score (nSPS) is 9.76. The Kier molecular flexibility index (Phi) is 4.51. The zero-order valence-electron chi connectivity index (χ0n) is 9.82. The van der Waals surface area contributed by atoms with Crippen LogP contribution in [0.4, 0.5) is 0 Å². The zero-order chi connectivity index (χ0) is 12.8. The summed E-state index contributed by atoms with van der Waals surface area (Å²) in [6, 6.07) is 4.66. The number of nitrogens with one attached hydrogen (secondary N) is 1. The lowest BCUT2D eigenvalue weighted by Gasteiger charge is -2.09. The Labute approximate surface area is 99.4 Å². The van der Waals surface area contributed by atoms with Crippen molar-refractivity contribution in [2.24, 2.45) is 0 Å². The fourth-order valence-electron chi connectivity index (χ4n) is 1.27. The van der Waals surface area contributed by atoms with Crippen LogP contribution in [0.2, 0.25) is 0 Å². The van der Waals surface area contributed by atoms with Gasteiger partial charge in [0.2, 0.25) is 5.91 Å². The van der Waals surface area contributed by atoms with E-state index < -0.39 is 5.97 Å². The fourth-order valence-corrected chi connectivity index (χ4v) is 1.27. The van der Waals surface area contributed by atoms with Crippen LogP contribution >= 0.6 is 0 Å². The lowest BCUT2D eigenvalue weighted by atomic mass is 10.1. The summed E-state index contributed by atoms with van der Waals surface area (Å²) >= 11 is 0. The second kappa shape index (κ2) is 5.89. The molecule has 1 rings (SSSR count). The maximum atomic E-state index is 11.0. The minimum absolute atomic E-state index is 0.114. The minimum Gasteiger partial charge on any atom is -0.493 e. The lowest BCUT2D eigenvalue weighted by Crippen LogP contribution is -2.20. The number of carboxylic acids is 1. The van der Waals surface area contributed by atoms with Crippen LogP contribution in [0.3, 0.4) is 0 Å². The molecule has 0 bridgehead atoms. The molecule has 1 aromatic rings. The molecule has 0 radical (unpaired) electrons. The highest BCUT2D eigenvalue weighted by Gasteiger charge is 2.07. The van der Waals surface area contributed by atoms with E-state index in [1.165, 1.54) is 12.1 Å². The number of carboxylic acid groups (broad SMARTS) is 1. The van der Waals surface area contributed by atoms with Crippen molar-refractivity contribution in [1.82, 2.24) is 5.32 Å². The van der Waals surface area contributed by atoms with Crippen molar-refractivity contribution in [1.29, 1.82) is 0 Å².